The molecule has 1 rings (SSSR count). The van der Waals surface area contributed by atoms with Gasteiger partial charge in [-0.15, -0.1) is 0 Å². The highest BCUT2D eigenvalue weighted by Crippen LogP contribution is 2.02. The molecule has 0 bridgehead atoms. The zero-order valence-corrected chi connectivity index (χ0v) is 8.84. The number of rotatable bonds is 5. The first-order valence-corrected chi connectivity index (χ1v) is 5.44. The Hall–Kier alpha value is -0.120. The zero-order chi connectivity index (χ0) is 9.52. The molecule has 78 valence electrons. The lowest BCUT2D eigenvalue weighted by Crippen LogP contribution is -2.44. The number of unbranched alkanes of at least 4 members (excludes halogenated alkanes) is 2. The van der Waals surface area contributed by atoms with E-state index in [2.05, 4.69) is 16.8 Å². The highest BCUT2D eigenvalue weighted by atomic mass is 15.2. The average Bonchev–Trinajstić information content (AvgIpc) is 2.15. The smallest absolute Gasteiger partial charge is 0.0110 e. The Morgan fingerprint density at radius 2 is 1.69 bits per heavy atom. The van der Waals surface area contributed by atoms with Gasteiger partial charge in [-0.25, -0.2) is 0 Å². The van der Waals surface area contributed by atoms with E-state index in [-0.39, 0.29) is 0 Å². The van der Waals surface area contributed by atoms with Crippen LogP contribution >= 0.6 is 0 Å². The molecule has 0 aromatic heterocycles. The summed E-state index contributed by atoms with van der Waals surface area (Å²) in [5, 5.41) is 0. The van der Waals surface area contributed by atoms with Gasteiger partial charge in [0.05, 0.1) is 0 Å². The summed E-state index contributed by atoms with van der Waals surface area (Å²) < 4.78 is 0. The molecule has 1 aliphatic rings. The number of hydrogen-bond acceptors (Lipinski definition) is 3. The van der Waals surface area contributed by atoms with E-state index in [0.29, 0.717) is 0 Å². The van der Waals surface area contributed by atoms with Gasteiger partial charge in [0.2, 0.25) is 0 Å². The van der Waals surface area contributed by atoms with Crippen LogP contribution < -0.4 is 5.73 Å². The number of likely N-dealkylation sites (N-methyl/N-ethyl adjacent to an activating group) is 1. The second-order valence-electron chi connectivity index (χ2n) is 3.99. The normalized spacial score (nSPS) is 20.8. The van der Waals surface area contributed by atoms with Gasteiger partial charge in [-0.2, -0.15) is 0 Å². The topological polar surface area (TPSA) is 32.5 Å². The molecule has 1 aliphatic heterocycles. The first-order valence-electron chi connectivity index (χ1n) is 5.44. The molecule has 3 heteroatoms. The van der Waals surface area contributed by atoms with E-state index in [4.69, 9.17) is 5.73 Å². The summed E-state index contributed by atoms with van der Waals surface area (Å²) in [6, 6.07) is 0. The molecule has 13 heavy (non-hydrogen) atoms. The molecular weight excluding hydrogens is 162 g/mol. The van der Waals surface area contributed by atoms with E-state index in [0.717, 1.165) is 6.54 Å². The van der Waals surface area contributed by atoms with Crippen molar-refractivity contribution in [2.24, 2.45) is 5.73 Å². The summed E-state index contributed by atoms with van der Waals surface area (Å²) in [5.74, 6) is 0. The Bertz CT molecular complexity index is 119. The van der Waals surface area contributed by atoms with Crippen LogP contribution in [0.4, 0.5) is 0 Å². The number of nitrogens with two attached hydrogens (primary N) is 1. The van der Waals surface area contributed by atoms with Gasteiger partial charge in [-0.05, 0) is 33.0 Å². The molecule has 0 atom stereocenters. The van der Waals surface area contributed by atoms with Gasteiger partial charge in [0.1, 0.15) is 0 Å². The minimum absolute atomic E-state index is 0.850. The maximum absolute atomic E-state index is 5.45. The van der Waals surface area contributed by atoms with Crippen molar-refractivity contribution < 1.29 is 0 Å². The van der Waals surface area contributed by atoms with Crippen LogP contribution in [-0.4, -0.2) is 56.1 Å². The fourth-order valence-corrected chi connectivity index (χ4v) is 1.73. The van der Waals surface area contributed by atoms with E-state index in [1.54, 1.807) is 0 Å². The van der Waals surface area contributed by atoms with Crippen molar-refractivity contribution in [2.45, 2.75) is 19.3 Å². The summed E-state index contributed by atoms with van der Waals surface area (Å²) in [7, 11) is 2.20. The third-order valence-electron chi connectivity index (χ3n) is 2.77. The first-order chi connectivity index (χ1) is 6.33. The third kappa shape index (κ3) is 4.60. The summed E-state index contributed by atoms with van der Waals surface area (Å²) in [5.41, 5.74) is 5.45. The molecule has 2 N–H and O–H groups in total. The van der Waals surface area contributed by atoms with Crippen LogP contribution in [-0.2, 0) is 0 Å². The lowest BCUT2D eigenvalue weighted by molar-refractivity contribution is 0.152. The fraction of sp³-hybridized carbons (Fsp3) is 1.00. The van der Waals surface area contributed by atoms with Crippen LogP contribution in [0, 0.1) is 0 Å². The quantitative estimate of drug-likeness (QED) is 0.628. The van der Waals surface area contributed by atoms with Gasteiger partial charge in [-0.1, -0.05) is 6.42 Å². The predicted octanol–water partition coefficient (Wildman–Crippen LogP) is 0.363. The minimum Gasteiger partial charge on any atom is -0.330 e. The molecule has 0 radical (unpaired) electrons. The SMILES string of the molecule is CN1CCN(CCCCCN)CC1. The Morgan fingerprint density at radius 3 is 2.31 bits per heavy atom. The first kappa shape index (κ1) is 11.0. The number of nitrogens with zero attached hydrogens (tertiary/aromatic N) is 2. The summed E-state index contributed by atoms with van der Waals surface area (Å²) in [6.07, 6.45) is 3.80. The van der Waals surface area contributed by atoms with Crippen molar-refractivity contribution in [3.05, 3.63) is 0 Å². The molecular formula is C10H23N3. The Labute approximate surface area is 81.9 Å². The molecule has 1 fully saturated rings. The standard InChI is InChI=1S/C10H23N3/c1-12-7-9-13(10-8-12)6-4-2-3-5-11/h2-11H2,1H3. The summed E-state index contributed by atoms with van der Waals surface area (Å²) in [6.45, 7) is 7.09. The maximum atomic E-state index is 5.45. The van der Waals surface area contributed by atoms with Crippen molar-refractivity contribution in [2.75, 3.05) is 46.3 Å². The van der Waals surface area contributed by atoms with Crippen molar-refractivity contribution in [1.29, 1.82) is 0 Å². The number of piperazine rings is 1. The van der Waals surface area contributed by atoms with Crippen molar-refractivity contribution in [3.8, 4) is 0 Å². The van der Waals surface area contributed by atoms with Crippen LogP contribution in [0.25, 0.3) is 0 Å². The van der Waals surface area contributed by atoms with Gasteiger partial charge in [0.15, 0.2) is 0 Å². The van der Waals surface area contributed by atoms with Crippen molar-refractivity contribution >= 4 is 0 Å². The van der Waals surface area contributed by atoms with Crippen LogP contribution in [0.15, 0.2) is 0 Å². The predicted molar refractivity (Wildman–Crippen MR) is 56.8 cm³/mol. The molecule has 0 amide bonds. The van der Waals surface area contributed by atoms with Gasteiger partial charge >= 0.3 is 0 Å². The van der Waals surface area contributed by atoms with Gasteiger partial charge < -0.3 is 15.5 Å². The Kier molecular flexibility index (Phi) is 5.35. The molecule has 1 saturated heterocycles. The van der Waals surface area contributed by atoms with Crippen LogP contribution in [0.3, 0.4) is 0 Å². The molecule has 3 nitrogen and oxygen atoms in total. The average molecular weight is 185 g/mol. The van der Waals surface area contributed by atoms with E-state index in [1.165, 1.54) is 52.0 Å². The van der Waals surface area contributed by atoms with Crippen molar-refractivity contribution in [3.63, 3.8) is 0 Å². The van der Waals surface area contributed by atoms with Gasteiger partial charge in [-0.3, -0.25) is 0 Å². The fourth-order valence-electron chi connectivity index (χ4n) is 1.73. The molecule has 0 saturated carbocycles. The van der Waals surface area contributed by atoms with E-state index in [9.17, 15) is 0 Å². The van der Waals surface area contributed by atoms with E-state index < -0.39 is 0 Å². The molecule has 0 aromatic carbocycles. The second kappa shape index (κ2) is 6.35. The lowest BCUT2D eigenvalue weighted by Gasteiger charge is -2.32. The molecule has 0 aliphatic carbocycles. The molecule has 0 spiro atoms. The lowest BCUT2D eigenvalue weighted by atomic mass is 10.2. The highest BCUT2D eigenvalue weighted by Gasteiger charge is 2.12. The molecule has 0 aromatic rings. The Morgan fingerprint density at radius 1 is 1.00 bits per heavy atom. The van der Waals surface area contributed by atoms with Crippen LogP contribution in [0.1, 0.15) is 19.3 Å². The number of hydrogen-bond donors (Lipinski definition) is 1. The summed E-state index contributed by atoms with van der Waals surface area (Å²) >= 11 is 0. The van der Waals surface area contributed by atoms with E-state index >= 15 is 0 Å². The second-order valence-corrected chi connectivity index (χ2v) is 3.99. The maximum Gasteiger partial charge on any atom is 0.0110 e. The van der Waals surface area contributed by atoms with Crippen LogP contribution in [0.5, 0.6) is 0 Å². The van der Waals surface area contributed by atoms with Crippen LogP contribution in [0.2, 0.25) is 0 Å². The molecule has 0 unspecified atom stereocenters. The summed E-state index contributed by atoms with van der Waals surface area (Å²) in [4.78, 5) is 4.97. The van der Waals surface area contributed by atoms with Crippen molar-refractivity contribution in [1.82, 2.24) is 9.80 Å². The van der Waals surface area contributed by atoms with E-state index in [1.807, 2.05) is 0 Å². The monoisotopic (exact) mass is 185 g/mol. The zero-order valence-electron chi connectivity index (χ0n) is 8.84. The van der Waals surface area contributed by atoms with Gasteiger partial charge in [0.25, 0.3) is 0 Å². The highest BCUT2D eigenvalue weighted by molar-refractivity contribution is 4.68. The largest absolute Gasteiger partial charge is 0.330 e. The molecule has 1 heterocycles. The Balaban J connectivity index is 1.96. The third-order valence-corrected chi connectivity index (χ3v) is 2.77. The van der Waals surface area contributed by atoms with Gasteiger partial charge in [0, 0.05) is 26.2 Å². The minimum atomic E-state index is 0.850.